The fraction of sp³-hybridized carbons (Fsp3) is 0.372. The summed E-state index contributed by atoms with van der Waals surface area (Å²) in [5.41, 5.74) is 12.7. The highest BCUT2D eigenvalue weighted by Gasteiger charge is 2.30. The van der Waals surface area contributed by atoms with Crippen LogP contribution >= 0.6 is 0 Å². The molecule has 1 aromatic heterocycles. The molecule has 0 aliphatic carbocycles. The fourth-order valence-corrected chi connectivity index (χ4v) is 8.52. The van der Waals surface area contributed by atoms with E-state index in [1.807, 2.05) is 12.1 Å². The number of anilines is 5. The number of nitrogens with zero attached hydrogens (tertiary/aromatic N) is 7. The minimum atomic E-state index is -0.683. The average Bonchev–Trinajstić information content (AvgIpc) is 3.49. The fourth-order valence-electron chi connectivity index (χ4n) is 8.52. The molecule has 0 saturated carbocycles. The maximum absolute atomic E-state index is 15.8. The van der Waals surface area contributed by atoms with Gasteiger partial charge in [-0.3, -0.25) is 30.1 Å². The van der Waals surface area contributed by atoms with Gasteiger partial charge in [0.15, 0.2) is 0 Å². The Morgan fingerprint density at radius 3 is 2.33 bits per heavy atom. The number of imide groups is 1. The molecule has 0 spiro atoms. The number of piperidine rings is 1. The monoisotopic (exact) mass is 787 g/mol. The Balaban J connectivity index is 0.861. The molecule has 0 radical (unpaired) electrons. The van der Waals surface area contributed by atoms with Crippen molar-refractivity contribution < 1.29 is 18.8 Å². The third-order valence-corrected chi connectivity index (χ3v) is 12.0. The summed E-state index contributed by atoms with van der Waals surface area (Å²) in [6.07, 6.45) is 7.83. The Morgan fingerprint density at radius 2 is 1.62 bits per heavy atom. The highest BCUT2D eigenvalue weighted by atomic mass is 19.1. The number of nitrogens with one attached hydrogen (secondary N) is 3. The number of amides is 4. The van der Waals surface area contributed by atoms with Crippen LogP contribution in [0.3, 0.4) is 0 Å². The van der Waals surface area contributed by atoms with Gasteiger partial charge in [-0.2, -0.15) is 5.10 Å². The molecule has 302 valence electrons. The molecular weight excluding hydrogens is 738 g/mol. The number of carbonyl (C=O) groups is 3. The van der Waals surface area contributed by atoms with E-state index in [9.17, 15) is 14.4 Å². The zero-order valence-electron chi connectivity index (χ0n) is 33.0. The van der Waals surface area contributed by atoms with Gasteiger partial charge in [0.2, 0.25) is 5.91 Å². The second-order valence-electron chi connectivity index (χ2n) is 15.6. The number of urea groups is 1. The lowest BCUT2D eigenvalue weighted by Gasteiger charge is -2.40. The lowest BCUT2D eigenvalue weighted by Crippen LogP contribution is -2.49. The smallest absolute Gasteiger partial charge is 0.328 e. The van der Waals surface area contributed by atoms with Gasteiger partial charge in [-0.15, -0.1) is 0 Å². The number of aryl methyl sites for hydroxylation is 2. The highest BCUT2D eigenvalue weighted by molar-refractivity contribution is 6.06. The van der Waals surface area contributed by atoms with E-state index in [0.29, 0.717) is 48.8 Å². The molecule has 5 N–H and O–H groups in total. The van der Waals surface area contributed by atoms with Gasteiger partial charge in [-0.25, -0.2) is 13.9 Å². The second-order valence-corrected chi connectivity index (χ2v) is 15.6. The first-order valence-corrected chi connectivity index (χ1v) is 20.0. The predicted molar refractivity (Wildman–Crippen MR) is 225 cm³/mol. The van der Waals surface area contributed by atoms with Crippen molar-refractivity contribution in [1.29, 1.82) is 5.41 Å². The molecule has 8 rings (SSSR count). The number of nitrogens with two attached hydrogens (primary N) is 1. The largest absolute Gasteiger partial charge is 0.372 e. The summed E-state index contributed by atoms with van der Waals surface area (Å²) in [5.74, 6) is -0.276. The summed E-state index contributed by atoms with van der Waals surface area (Å²) in [7, 11) is 1.72. The Labute approximate surface area is 337 Å². The van der Waals surface area contributed by atoms with Crippen molar-refractivity contribution in [1.82, 2.24) is 24.9 Å². The minimum Gasteiger partial charge on any atom is -0.372 e. The van der Waals surface area contributed by atoms with E-state index >= 15 is 4.39 Å². The zero-order valence-corrected chi connectivity index (χ0v) is 33.0. The highest BCUT2D eigenvalue weighted by Crippen LogP contribution is 2.38. The summed E-state index contributed by atoms with van der Waals surface area (Å²) < 4.78 is 17.6. The van der Waals surface area contributed by atoms with Crippen molar-refractivity contribution in [3.63, 3.8) is 0 Å². The van der Waals surface area contributed by atoms with E-state index < -0.39 is 11.7 Å². The van der Waals surface area contributed by atoms with Crippen LogP contribution in [0.15, 0.2) is 60.8 Å². The number of hydrogen-bond acceptors (Lipinski definition) is 9. The summed E-state index contributed by atoms with van der Waals surface area (Å²) in [5, 5.41) is 17.9. The molecule has 3 aromatic carbocycles. The van der Waals surface area contributed by atoms with Gasteiger partial charge in [0.25, 0.3) is 5.91 Å². The van der Waals surface area contributed by atoms with Crippen LogP contribution in [0.5, 0.6) is 0 Å². The average molecular weight is 788 g/mol. The SMILES string of the molecule is Cc1c(/C=C/N(C)C=N)ccc(-c2nn3c(c2C(N)=O)Nc2ccc(N4CCN(CC5CCN(c6ccc(N7CCC(=O)NC7=O)cc6)CC5)CC4)cc2CC3)c1F. The molecule has 0 atom stereocenters. The molecule has 3 saturated heterocycles. The summed E-state index contributed by atoms with van der Waals surface area (Å²) >= 11 is 0. The number of hydrogen-bond donors (Lipinski definition) is 4. The van der Waals surface area contributed by atoms with E-state index in [4.69, 9.17) is 16.2 Å². The Bertz CT molecular complexity index is 2260. The van der Waals surface area contributed by atoms with Crippen molar-refractivity contribution in [2.75, 3.05) is 79.4 Å². The summed E-state index contributed by atoms with van der Waals surface area (Å²) in [6.45, 7) is 9.56. The molecule has 3 fully saturated rings. The van der Waals surface area contributed by atoms with E-state index in [2.05, 4.69) is 55.7 Å². The molecule has 4 amide bonds. The number of carbonyl (C=O) groups excluding carboxylic acids is 3. The predicted octanol–water partition coefficient (Wildman–Crippen LogP) is 5.39. The molecule has 58 heavy (non-hydrogen) atoms. The molecule has 5 heterocycles. The Kier molecular flexibility index (Phi) is 10.9. The first-order valence-electron chi connectivity index (χ1n) is 20.0. The molecule has 0 bridgehead atoms. The van der Waals surface area contributed by atoms with Gasteiger partial charge in [-0.05, 0) is 103 Å². The molecule has 4 aliphatic rings. The van der Waals surface area contributed by atoms with Crippen molar-refractivity contribution in [3.8, 4) is 11.3 Å². The number of halogens is 1. The van der Waals surface area contributed by atoms with Crippen LogP contribution in [-0.4, -0.2) is 103 Å². The quantitative estimate of drug-likeness (QED) is 0.122. The standard InChI is InChI=1S/C43H50FN11O3/c1-28-30(13-16-50(2)27-45)3-9-35(39(28)44)40-38(41(46)57)42-47-36-10-8-34(25-31(36)14-20-55(42)49-40)53-23-21-51(22-24-53)26-29-11-17-52(18-12-29)32-4-6-33(7-5-32)54-19-15-37(56)48-43(54)58/h3-10,13,16,25,27,29,45,47H,11-12,14-15,17-24,26H2,1-2H3,(H2,46,57)(H,48,56,58)/b16-13+,45-27?. The van der Waals surface area contributed by atoms with E-state index in [1.54, 1.807) is 52.9 Å². The topological polar surface area (TPSA) is 159 Å². The van der Waals surface area contributed by atoms with Gasteiger partial charge >= 0.3 is 6.03 Å². The van der Waals surface area contributed by atoms with Crippen molar-refractivity contribution in [2.24, 2.45) is 11.7 Å². The van der Waals surface area contributed by atoms with Gasteiger partial charge in [0.1, 0.15) is 22.9 Å². The van der Waals surface area contributed by atoms with Gasteiger partial charge in [-0.1, -0.05) is 6.07 Å². The van der Waals surface area contributed by atoms with E-state index in [-0.39, 0.29) is 28.8 Å². The molecule has 14 nitrogen and oxygen atoms in total. The minimum absolute atomic E-state index is 0.155. The molecule has 4 aromatic rings. The molecule has 0 unspecified atom stereocenters. The molecule has 4 aliphatic heterocycles. The van der Waals surface area contributed by atoms with Gasteiger partial charge in [0, 0.05) is 107 Å². The number of aromatic nitrogens is 2. The normalized spacial score (nSPS) is 17.7. The summed E-state index contributed by atoms with van der Waals surface area (Å²) in [6, 6.07) is 17.5. The number of piperazine rings is 1. The third kappa shape index (κ3) is 7.86. The Morgan fingerprint density at radius 1 is 0.914 bits per heavy atom. The summed E-state index contributed by atoms with van der Waals surface area (Å²) in [4.78, 5) is 47.3. The molecule has 15 heteroatoms. The van der Waals surface area contributed by atoms with Crippen LogP contribution in [0.1, 0.15) is 46.3 Å². The van der Waals surface area contributed by atoms with Crippen molar-refractivity contribution >= 4 is 58.8 Å². The van der Waals surface area contributed by atoms with Crippen LogP contribution < -0.4 is 31.1 Å². The number of primary amides is 1. The van der Waals surface area contributed by atoms with Crippen LogP contribution in [0.25, 0.3) is 17.3 Å². The van der Waals surface area contributed by atoms with Crippen LogP contribution in [-0.2, 0) is 17.8 Å². The zero-order chi connectivity index (χ0) is 40.5. The van der Waals surface area contributed by atoms with E-state index in [0.717, 1.165) is 87.6 Å². The lowest BCUT2D eigenvalue weighted by atomic mass is 9.95. The maximum Gasteiger partial charge on any atom is 0.328 e. The van der Waals surface area contributed by atoms with Crippen LogP contribution in [0.4, 0.5) is 37.8 Å². The number of fused-ring (bicyclic) bond motifs is 2. The van der Waals surface area contributed by atoms with Crippen molar-refractivity contribution in [2.45, 2.75) is 39.2 Å². The van der Waals surface area contributed by atoms with Gasteiger partial charge < -0.3 is 25.8 Å². The first kappa shape index (κ1) is 38.6. The van der Waals surface area contributed by atoms with E-state index in [1.165, 1.54) is 5.69 Å². The first-order chi connectivity index (χ1) is 28.1. The number of benzene rings is 3. The van der Waals surface area contributed by atoms with Crippen LogP contribution in [0.2, 0.25) is 0 Å². The number of rotatable bonds is 10. The molecular formula is C43H50FN11O3. The third-order valence-electron chi connectivity index (χ3n) is 12.0. The van der Waals surface area contributed by atoms with Crippen LogP contribution in [0, 0.1) is 24.1 Å². The lowest BCUT2D eigenvalue weighted by molar-refractivity contribution is -0.120. The maximum atomic E-state index is 15.8. The van der Waals surface area contributed by atoms with Gasteiger partial charge in [0.05, 0.1) is 6.34 Å². The Hall–Kier alpha value is -6.22. The second kappa shape index (κ2) is 16.3. The van der Waals surface area contributed by atoms with Crippen molar-refractivity contribution in [3.05, 3.63) is 88.9 Å².